The van der Waals surface area contributed by atoms with Crippen molar-refractivity contribution in [1.82, 2.24) is 0 Å². The summed E-state index contributed by atoms with van der Waals surface area (Å²) in [5, 5.41) is 0. The molecule has 1 aliphatic heterocycles. The van der Waals surface area contributed by atoms with Crippen LogP contribution in [0.5, 0.6) is 0 Å². The van der Waals surface area contributed by atoms with Crippen LogP contribution < -0.4 is 5.73 Å². The Morgan fingerprint density at radius 1 is 1.67 bits per heavy atom. The molecule has 12 heavy (non-hydrogen) atoms. The lowest BCUT2D eigenvalue weighted by Gasteiger charge is -2.07. The Labute approximate surface area is 84.8 Å². The van der Waals surface area contributed by atoms with Gasteiger partial charge in [0, 0.05) is 17.9 Å². The molecule has 1 rings (SSSR count). The number of rotatable bonds is 2. The molecule has 0 fully saturated rings. The smallest absolute Gasteiger partial charge is 0.0949 e. The molecule has 0 saturated heterocycles. The van der Waals surface area contributed by atoms with Crippen molar-refractivity contribution in [3.05, 3.63) is 0 Å². The topological polar surface area (TPSA) is 38.4 Å². The van der Waals surface area contributed by atoms with E-state index in [0.717, 1.165) is 23.8 Å². The molecular formula is C8H17ClN2S. The highest BCUT2D eigenvalue weighted by Crippen LogP contribution is 2.15. The first kappa shape index (κ1) is 12.1. The van der Waals surface area contributed by atoms with Gasteiger partial charge in [-0.1, -0.05) is 13.3 Å². The third-order valence-corrected chi connectivity index (χ3v) is 2.90. The number of amidine groups is 1. The van der Waals surface area contributed by atoms with Crippen LogP contribution >= 0.6 is 24.2 Å². The molecule has 0 aromatic carbocycles. The Balaban J connectivity index is 0.00000121. The molecular weight excluding hydrogens is 192 g/mol. The normalized spacial score (nSPS) is 23.8. The zero-order chi connectivity index (χ0) is 8.10. The van der Waals surface area contributed by atoms with E-state index in [1.54, 1.807) is 0 Å². The quantitative estimate of drug-likeness (QED) is 0.755. The lowest BCUT2D eigenvalue weighted by molar-refractivity contribution is 0.663. The van der Waals surface area contributed by atoms with Crippen LogP contribution in [0.4, 0.5) is 0 Å². The van der Waals surface area contributed by atoms with Crippen molar-refractivity contribution in [1.29, 1.82) is 0 Å². The molecule has 0 radical (unpaired) electrons. The van der Waals surface area contributed by atoms with Crippen molar-refractivity contribution in [3.63, 3.8) is 0 Å². The Hall–Kier alpha value is 0.110. The van der Waals surface area contributed by atoms with Gasteiger partial charge in [-0.05, 0) is 6.42 Å². The average molecular weight is 209 g/mol. The van der Waals surface area contributed by atoms with E-state index in [9.17, 15) is 0 Å². The number of aliphatic imine (C=N–C) groups is 1. The highest BCUT2D eigenvalue weighted by atomic mass is 35.5. The Bertz CT molecular complexity index is 150. The van der Waals surface area contributed by atoms with Crippen molar-refractivity contribution < 1.29 is 0 Å². The molecule has 1 atom stereocenters. The summed E-state index contributed by atoms with van der Waals surface area (Å²) in [6.07, 6.45) is 3.38. The molecule has 0 aromatic heterocycles. The number of nitrogens with two attached hydrogens (primary N) is 1. The standard InChI is InChI=1S/C8H16N2S.ClH/c1-2-3-7-6-11-5-4-8(9)10-7;/h7H,2-6H2,1H3,(H2,9,10);1H. The fraction of sp³-hybridized carbons (Fsp3) is 0.875. The van der Waals surface area contributed by atoms with Crippen LogP contribution in [0.15, 0.2) is 4.99 Å². The molecule has 0 amide bonds. The fourth-order valence-electron chi connectivity index (χ4n) is 1.21. The van der Waals surface area contributed by atoms with Gasteiger partial charge in [-0.15, -0.1) is 12.4 Å². The van der Waals surface area contributed by atoms with Crippen LogP contribution in [0.2, 0.25) is 0 Å². The summed E-state index contributed by atoms with van der Waals surface area (Å²) in [6, 6.07) is 0.493. The Morgan fingerprint density at radius 2 is 2.42 bits per heavy atom. The molecule has 0 saturated carbocycles. The number of hydrogen-bond donors (Lipinski definition) is 1. The largest absolute Gasteiger partial charge is 0.387 e. The van der Waals surface area contributed by atoms with Gasteiger partial charge in [0.05, 0.1) is 11.9 Å². The van der Waals surface area contributed by atoms with E-state index in [4.69, 9.17) is 5.73 Å². The number of halogens is 1. The maximum Gasteiger partial charge on any atom is 0.0949 e. The van der Waals surface area contributed by atoms with Crippen molar-refractivity contribution in [2.75, 3.05) is 11.5 Å². The first-order valence-corrected chi connectivity index (χ1v) is 5.38. The van der Waals surface area contributed by atoms with Gasteiger partial charge in [-0.3, -0.25) is 4.99 Å². The summed E-state index contributed by atoms with van der Waals surface area (Å²) in [6.45, 7) is 2.20. The van der Waals surface area contributed by atoms with Gasteiger partial charge >= 0.3 is 0 Å². The summed E-state index contributed by atoms with van der Waals surface area (Å²) in [7, 11) is 0. The first-order chi connectivity index (χ1) is 5.33. The van der Waals surface area contributed by atoms with E-state index in [1.807, 2.05) is 11.8 Å². The predicted octanol–water partition coefficient (Wildman–Crippen LogP) is 2.07. The minimum atomic E-state index is 0. The summed E-state index contributed by atoms with van der Waals surface area (Å²) >= 11 is 1.97. The molecule has 0 aromatic rings. The third kappa shape index (κ3) is 4.21. The molecule has 1 aliphatic rings. The molecule has 1 unspecified atom stereocenters. The Morgan fingerprint density at radius 3 is 3.08 bits per heavy atom. The number of hydrogen-bond acceptors (Lipinski definition) is 3. The van der Waals surface area contributed by atoms with Gasteiger partial charge in [0.25, 0.3) is 0 Å². The van der Waals surface area contributed by atoms with Gasteiger partial charge in [0.1, 0.15) is 0 Å². The van der Waals surface area contributed by atoms with Crippen molar-refractivity contribution in [2.45, 2.75) is 32.2 Å². The minimum Gasteiger partial charge on any atom is -0.387 e. The second-order valence-corrected chi connectivity index (χ2v) is 4.04. The third-order valence-electron chi connectivity index (χ3n) is 1.78. The van der Waals surface area contributed by atoms with Crippen LogP contribution in [0.1, 0.15) is 26.2 Å². The van der Waals surface area contributed by atoms with Crippen LogP contribution in [-0.4, -0.2) is 23.4 Å². The zero-order valence-corrected chi connectivity index (χ0v) is 9.09. The van der Waals surface area contributed by atoms with Crippen molar-refractivity contribution >= 4 is 30.0 Å². The summed E-state index contributed by atoms with van der Waals surface area (Å²) in [5.74, 6) is 3.16. The second-order valence-electron chi connectivity index (χ2n) is 2.89. The van der Waals surface area contributed by atoms with Crippen molar-refractivity contribution in [3.8, 4) is 0 Å². The highest BCUT2D eigenvalue weighted by Gasteiger charge is 2.10. The van der Waals surface area contributed by atoms with Gasteiger partial charge in [-0.25, -0.2) is 0 Å². The summed E-state index contributed by atoms with van der Waals surface area (Å²) in [4.78, 5) is 4.44. The second kappa shape index (κ2) is 6.61. The molecule has 0 bridgehead atoms. The van der Waals surface area contributed by atoms with E-state index in [2.05, 4.69) is 11.9 Å². The van der Waals surface area contributed by atoms with Gasteiger partial charge in [0.2, 0.25) is 0 Å². The maximum atomic E-state index is 5.69. The fourth-order valence-corrected chi connectivity index (χ4v) is 2.25. The molecule has 2 nitrogen and oxygen atoms in total. The summed E-state index contributed by atoms with van der Waals surface area (Å²) in [5.41, 5.74) is 5.69. The molecule has 2 N–H and O–H groups in total. The van der Waals surface area contributed by atoms with E-state index in [-0.39, 0.29) is 12.4 Å². The molecule has 72 valence electrons. The zero-order valence-electron chi connectivity index (χ0n) is 7.45. The first-order valence-electron chi connectivity index (χ1n) is 4.22. The number of thioether (sulfide) groups is 1. The minimum absolute atomic E-state index is 0. The lowest BCUT2D eigenvalue weighted by atomic mass is 10.2. The van der Waals surface area contributed by atoms with E-state index in [0.29, 0.717) is 6.04 Å². The van der Waals surface area contributed by atoms with Gasteiger partial charge < -0.3 is 5.73 Å². The SMILES string of the molecule is CCCC1CSCCC(N)=N1.Cl. The molecule has 0 aliphatic carbocycles. The molecule has 1 heterocycles. The van der Waals surface area contributed by atoms with Crippen LogP contribution in [0.25, 0.3) is 0 Å². The predicted molar refractivity (Wildman–Crippen MR) is 59.5 cm³/mol. The van der Waals surface area contributed by atoms with E-state index in [1.165, 1.54) is 12.8 Å². The van der Waals surface area contributed by atoms with Crippen LogP contribution in [0.3, 0.4) is 0 Å². The van der Waals surface area contributed by atoms with Gasteiger partial charge in [-0.2, -0.15) is 11.8 Å². The maximum absolute atomic E-state index is 5.69. The molecule has 0 spiro atoms. The van der Waals surface area contributed by atoms with Crippen LogP contribution in [0, 0.1) is 0 Å². The average Bonchev–Trinajstić information content (AvgIpc) is 2.15. The van der Waals surface area contributed by atoms with Crippen molar-refractivity contribution in [2.24, 2.45) is 10.7 Å². The van der Waals surface area contributed by atoms with E-state index < -0.39 is 0 Å². The van der Waals surface area contributed by atoms with Gasteiger partial charge in [0.15, 0.2) is 0 Å². The Kier molecular flexibility index (Phi) is 6.67. The summed E-state index contributed by atoms with van der Waals surface area (Å²) < 4.78 is 0. The number of nitrogens with zero attached hydrogens (tertiary/aromatic N) is 1. The highest BCUT2D eigenvalue weighted by molar-refractivity contribution is 7.99. The lowest BCUT2D eigenvalue weighted by Crippen LogP contribution is -2.15. The van der Waals surface area contributed by atoms with E-state index >= 15 is 0 Å². The monoisotopic (exact) mass is 208 g/mol. The molecule has 4 heteroatoms. The van der Waals surface area contributed by atoms with Crippen LogP contribution in [-0.2, 0) is 0 Å².